The number of thioether (sulfide) groups is 1. The summed E-state index contributed by atoms with van der Waals surface area (Å²) in [5, 5.41) is 11.4. The number of carbonyl (C=O) groups is 2. The molecule has 98 valence electrons. The number of carbonyl (C=O) groups excluding carboxylic acids is 1. The molecule has 0 radical (unpaired) electrons. The average Bonchev–Trinajstić information content (AvgIpc) is 2.35. The Balaban J connectivity index is 2.93. The number of benzene rings is 1. The van der Waals surface area contributed by atoms with Gasteiger partial charge in [-0.15, -0.1) is 11.8 Å². The van der Waals surface area contributed by atoms with E-state index in [1.807, 2.05) is 25.3 Å². The molecule has 0 bridgehead atoms. The van der Waals surface area contributed by atoms with Crippen molar-refractivity contribution in [3.63, 3.8) is 0 Å². The Labute approximate surface area is 111 Å². The van der Waals surface area contributed by atoms with Crippen LogP contribution in [0.15, 0.2) is 23.1 Å². The minimum absolute atomic E-state index is 0.336. The number of rotatable bonds is 5. The fourth-order valence-electron chi connectivity index (χ4n) is 1.55. The molecule has 0 heterocycles. The van der Waals surface area contributed by atoms with Gasteiger partial charge in [0.2, 0.25) is 0 Å². The third kappa shape index (κ3) is 3.50. The van der Waals surface area contributed by atoms with E-state index in [-0.39, 0.29) is 5.91 Å². The van der Waals surface area contributed by atoms with Gasteiger partial charge in [-0.25, -0.2) is 4.79 Å². The van der Waals surface area contributed by atoms with Crippen LogP contribution < -0.4 is 5.32 Å². The SMILES string of the molecule is CC[C@@H](NC(=O)c1cc(SC)ccc1C)C(=O)O. The van der Waals surface area contributed by atoms with Gasteiger partial charge < -0.3 is 10.4 Å². The van der Waals surface area contributed by atoms with E-state index in [0.717, 1.165) is 10.5 Å². The zero-order valence-electron chi connectivity index (χ0n) is 10.7. The van der Waals surface area contributed by atoms with Gasteiger partial charge in [-0.3, -0.25) is 4.79 Å². The minimum Gasteiger partial charge on any atom is -0.480 e. The standard InChI is InChI=1S/C13H17NO3S/c1-4-11(13(16)17)14-12(15)10-7-9(18-3)6-5-8(10)2/h5-7,11H,4H2,1-3H3,(H,14,15)(H,16,17)/t11-/m1/s1. The number of nitrogens with one attached hydrogen (secondary N) is 1. The van der Waals surface area contributed by atoms with Crippen LogP contribution in [0.4, 0.5) is 0 Å². The zero-order chi connectivity index (χ0) is 13.7. The lowest BCUT2D eigenvalue weighted by atomic mass is 10.1. The summed E-state index contributed by atoms with van der Waals surface area (Å²) in [6.45, 7) is 3.56. The Morgan fingerprint density at radius 2 is 2.11 bits per heavy atom. The van der Waals surface area contributed by atoms with Crippen molar-refractivity contribution in [2.24, 2.45) is 0 Å². The summed E-state index contributed by atoms with van der Waals surface area (Å²) >= 11 is 1.54. The van der Waals surface area contributed by atoms with Crippen molar-refractivity contribution in [2.75, 3.05) is 6.26 Å². The quantitative estimate of drug-likeness (QED) is 0.803. The van der Waals surface area contributed by atoms with Gasteiger partial charge in [0.15, 0.2) is 0 Å². The molecule has 0 aliphatic rings. The summed E-state index contributed by atoms with van der Waals surface area (Å²) in [5.41, 5.74) is 1.37. The molecule has 0 unspecified atom stereocenters. The van der Waals surface area contributed by atoms with Crippen molar-refractivity contribution in [1.29, 1.82) is 0 Å². The first-order valence-corrected chi connectivity index (χ1v) is 6.90. The van der Waals surface area contributed by atoms with E-state index >= 15 is 0 Å². The van der Waals surface area contributed by atoms with Crippen LogP contribution in [0.25, 0.3) is 0 Å². The van der Waals surface area contributed by atoms with Crippen LogP contribution in [0, 0.1) is 6.92 Å². The highest BCUT2D eigenvalue weighted by atomic mass is 32.2. The fraction of sp³-hybridized carbons (Fsp3) is 0.385. The molecule has 18 heavy (non-hydrogen) atoms. The van der Waals surface area contributed by atoms with Gasteiger partial charge >= 0.3 is 5.97 Å². The van der Waals surface area contributed by atoms with E-state index in [0.29, 0.717) is 12.0 Å². The molecule has 0 aliphatic heterocycles. The number of aryl methyl sites for hydroxylation is 1. The van der Waals surface area contributed by atoms with Gasteiger partial charge in [0.05, 0.1) is 0 Å². The predicted octanol–water partition coefficient (Wildman–Crippen LogP) is 2.31. The largest absolute Gasteiger partial charge is 0.480 e. The van der Waals surface area contributed by atoms with Crippen molar-refractivity contribution >= 4 is 23.6 Å². The van der Waals surface area contributed by atoms with Crippen LogP contribution >= 0.6 is 11.8 Å². The maximum absolute atomic E-state index is 12.0. The van der Waals surface area contributed by atoms with E-state index in [1.54, 1.807) is 24.8 Å². The molecule has 0 aromatic heterocycles. The molecular weight excluding hydrogens is 250 g/mol. The Hall–Kier alpha value is -1.49. The Bertz CT molecular complexity index is 460. The highest BCUT2D eigenvalue weighted by molar-refractivity contribution is 7.98. The third-order valence-corrected chi connectivity index (χ3v) is 3.43. The van der Waals surface area contributed by atoms with Crippen LogP contribution in [0.5, 0.6) is 0 Å². The average molecular weight is 267 g/mol. The maximum Gasteiger partial charge on any atom is 0.326 e. The lowest BCUT2D eigenvalue weighted by Gasteiger charge is -2.14. The lowest BCUT2D eigenvalue weighted by molar-refractivity contribution is -0.139. The van der Waals surface area contributed by atoms with E-state index in [1.165, 1.54) is 0 Å². The second kappa shape index (κ2) is 6.44. The summed E-state index contributed by atoms with van der Waals surface area (Å²) in [6, 6.07) is 4.74. The summed E-state index contributed by atoms with van der Waals surface area (Å²) in [4.78, 5) is 23.9. The number of hydrogen-bond donors (Lipinski definition) is 2. The van der Waals surface area contributed by atoms with Gasteiger partial charge in [0.25, 0.3) is 5.91 Å². The molecule has 1 amide bonds. The van der Waals surface area contributed by atoms with Gasteiger partial charge in [-0.1, -0.05) is 13.0 Å². The molecule has 0 spiro atoms. The second-order valence-electron chi connectivity index (χ2n) is 3.95. The number of hydrogen-bond acceptors (Lipinski definition) is 3. The van der Waals surface area contributed by atoms with Crippen molar-refractivity contribution in [3.8, 4) is 0 Å². The van der Waals surface area contributed by atoms with E-state index in [4.69, 9.17) is 5.11 Å². The topological polar surface area (TPSA) is 66.4 Å². The van der Waals surface area contributed by atoms with Crippen LogP contribution in [-0.2, 0) is 4.79 Å². The van der Waals surface area contributed by atoms with Gasteiger partial charge in [-0.05, 0) is 37.3 Å². The first-order valence-electron chi connectivity index (χ1n) is 5.67. The summed E-state index contributed by atoms with van der Waals surface area (Å²) in [7, 11) is 0. The monoisotopic (exact) mass is 267 g/mol. The first-order chi connectivity index (χ1) is 8.49. The molecule has 1 atom stereocenters. The smallest absolute Gasteiger partial charge is 0.326 e. The van der Waals surface area contributed by atoms with E-state index < -0.39 is 12.0 Å². The first kappa shape index (κ1) is 14.6. The van der Waals surface area contributed by atoms with Crippen molar-refractivity contribution in [3.05, 3.63) is 29.3 Å². The molecule has 5 heteroatoms. The Kier molecular flexibility index (Phi) is 5.22. The van der Waals surface area contributed by atoms with Crippen LogP contribution in [0.1, 0.15) is 29.3 Å². The lowest BCUT2D eigenvalue weighted by Crippen LogP contribution is -2.40. The highest BCUT2D eigenvalue weighted by Gasteiger charge is 2.19. The molecule has 0 saturated heterocycles. The number of carboxylic acid groups (broad SMARTS) is 1. The normalized spacial score (nSPS) is 11.9. The summed E-state index contributed by atoms with van der Waals surface area (Å²) < 4.78 is 0. The molecule has 4 nitrogen and oxygen atoms in total. The molecule has 0 aliphatic carbocycles. The number of amides is 1. The van der Waals surface area contributed by atoms with E-state index in [9.17, 15) is 9.59 Å². The summed E-state index contributed by atoms with van der Waals surface area (Å²) in [5.74, 6) is -1.35. The Morgan fingerprint density at radius 3 is 2.61 bits per heavy atom. The predicted molar refractivity (Wildman–Crippen MR) is 72.1 cm³/mol. The maximum atomic E-state index is 12.0. The van der Waals surface area contributed by atoms with Gasteiger partial charge in [-0.2, -0.15) is 0 Å². The molecule has 1 aromatic carbocycles. The van der Waals surface area contributed by atoms with Gasteiger partial charge in [0, 0.05) is 10.5 Å². The molecule has 0 fully saturated rings. The van der Waals surface area contributed by atoms with Crippen LogP contribution in [0.2, 0.25) is 0 Å². The summed E-state index contributed by atoms with van der Waals surface area (Å²) in [6.07, 6.45) is 2.29. The van der Waals surface area contributed by atoms with Crippen molar-refractivity contribution in [2.45, 2.75) is 31.2 Å². The zero-order valence-corrected chi connectivity index (χ0v) is 11.5. The second-order valence-corrected chi connectivity index (χ2v) is 4.83. The van der Waals surface area contributed by atoms with E-state index in [2.05, 4.69) is 5.32 Å². The van der Waals surface area contributed by atoms with Crippen LogP contribution in [-0.4, -0.2) is 29.3 Å². The molecule has 0 saturated carbocycles. The minimum atomic E-state index is -1.01. The molecule has 2 N–H and O–H groups in total. The van der Waals surface area contributed by atoms with Crippen molar-refractivity contribution in [1.82, 2.24) is 5.32 Å². The molecule has 1 rings (SSSR count). The highest BCUT2D eigenvalue weighted by Crippen LogP contribution is 2.19. The van der Waals surface area contributed by atoms with Crippen molar-refractivity contribution < 1.29 is 14.7 Å². The third-order valence-electron chi connectivity index (χ3n) is 2.70. The molecule has 1 aromatic rings. The molecular formula is C13H17NO3S. The Morgan fingerprint density at radius 1 is 1.44 bits per heavy atom. The number of carboxylic acids is 1. The fourth-order valence-corrected chi connectivity index (χ4v) is 1.99. The number of aliphatic carboxylic acids is 1. The van der Waals surface area contributed by atoms with Crippen LogP contribution in [0.3, 0.4) is 0 Å². The van der Waals surface area contributed by atoms with Gasteiger partial charge in [0.1, 0.15) is 6.04 Å².